The number of carbonyl (C=O) groups is 1. The van der Waals surface area contributed by atoms with Gasteiger partial charge in [0.2, 0.25) is 5.91 Å². The SMILES string of the molecule is C=C(CCCN(Cc1ccc(C(F)(F)F)cc1)C(=O)C1(C)CCN1C(=C)c1csc2ccccc12)OCC. The largest absolute Gasteiger partial charge is 0.499 e. The maximum absolute atomic E-state index is 14.0. The number of thiophene rings is 1. The molecule has 2 heterocycles. The van der Waals surface area contributed by atoms with Crippen molar-refractivity contribution >= 4 is 33.0 Å². The fourth-order valence-corrected chi connectivity index (χ4v) is 5.89. The van der Waals surface area contributed by atoms with Crippen LogP contribution in [0.4, 0.5) is 13.2 Å². The Morgan fingerprint density at radius 3 is 2.50 bits per heavy atom. The molecule has 3 aromatic rings. The monoisotopic (exact) mass is 542 g/mol. The summed E-state index contributed by atoms with van der Waals surface area (Å²) in [4.78, 5) is 17.8. The van der Waals surface area contributed by atoms with E-state index >= 15 is 0 Å². The summed E-state index contributed by atoms with van der Waals surface area (Å²) >= 11 is 1.65. The fourth-order valence-electron chi connectivity index (χ4n) is 4.92. The first-order valence-corrected chi connectivity index (χ1v) is 13.6. The van der Waals surface area contributed by atoms with Crippen molar-refractivity contribution in [3.63, 3.8) is 0 Å². The number of hydrogen-bond acceptors (Lipinski definition) is 4. The van der Waals surface area contributed by atoms with Crippen molar-refractivity contribution < 1.29 is 22.7 Å². The summed E-state index contributed by atoms with van der Waals surface area (Å²) in [5, 5.41) is 3.19. The number of nitrogens with zero attached hydrogens (tertiary/aromatic N) is 2. The lowest BCUT2D eigenvalue weighted by Gasteiger charge is -2.53. The summed E-state index contributed by atoms with van der Waals surface area (Å²) < 4.78 is 45.8. The molecule has 1 amide bonds. The van der Waals surface area contributed by atoms with Gasteiger partial charge in [0.1, 0.15) is 5.54 Å². The van der Waals surface area contributed by atoms with Crippen molar-refractivity contribution in [3.8, 4) is 0 Å². The molecule has 1 aliphatic rings. The number of carbonyl (C=O) groups excluding carboxylic acids is 1. The standard InChI is InChI=1S/C30H33F3N2O2S/c1-5-37-21(2)9-8-17-34(19-23-12-14-24(15-13-23)30(31,32)33)28(36)29(4)16-18-35(29)22(3)26-20-38-27-11-7-6-10-25(26)27/h6-7,10-15,20H,2-3,5,8-9,16-19H2,1,4H3. The van der Waals surface area contributed by atoms with Crippen molar-refractivity contribution in [2.24, 2.45) is 0 Å². The van der Waals surface area contributed by atoms with Gasteiger partial charge in [-0.1, -0.05) is 43.5 Å². The molecule has 0 radical (unpaired) electrons. The lowest BCUT2D eigenvalue weighted by molar-refractivity contribution is -0.148. The Kier molecular flexibility index (Phi) is 8.21. The highest BCUT2D eigenvalue weighted by Crippen LogP contribution is 2.42. The van der Waals surface area contributed by atoms with Crippen molar-refractivity contribution in [3.05, 3.63) is 89.5 Å². The molecule has 1 unspecified atom stereocenters. The quantitative estimate of drug-likeness (QED) is 0.233. The second-order valence-corrected chi connectivity index (χ2v) is 10.7. The van der Waals surface area contributed by atoms with Crippen molar-refractivity contribution in [1.82, 2.24) is 9.80 Å². The van der Waals surface area contributed by atoms with E-state index < -0.39 is 17.3 Å². The first-order chi connectivity index (χ1) is 18.0. The van der Waals surface area contributed by atoms with Gasteiger partial charge in [-0.3, -0.25) is 4.79 Å². The van der Waals surface area contributed by atoms with Gasteiger partial charge in [-0.15, -0.1) is 11.3 Å². The van der Waals surface area contributed by atoms with E-state index in [0.717, 1.165) is 33.5 Å². The third kappa shape index (κ3) is 5.75. The van der Waals surface area contributed by atoms with Crippen LogP contribution in [0.5, 0.6) is 0 Å². The third-order valence-corrected chi connectivity index (χ3v) is 8.13. The van der Waals surface area contributed by atoms with Crippen molar-refractivity contribution in [1.29, 1.82) is 0 Å². The van der Waals surface area contributed by atoms with Crippen LogP contribution in [-0.2, 0) is 22.3 Å². The predicted octanol–water partition coefficient (Wildman–Crippen LogP) is 7.71. The fraction of sp³-hybridized carbons (Fsp3) is 0.367. The smallest absolute Gasteiger partial charge is 0.416 e. The van der Waals surface area contributed by atoms with Gasteiger partial charge in [-0.05, 0) is 50.5 Å². The number of likely N-dealkylation sites (tertiary alicyclic amines) is 1. The molecule has 202 valence electrons. The minimum atomic E-state index is -4.40. The number of fused-ring (bicyclic) bond motifs is 1. The maximum atomic E-state index is 14.0. The summed E-state index contributed by atoms with van der Waals surface area (Å²) in [5.41, 5.74) is 0.981. The van der Waals surface area contributed by atoms with Gasteiger partial charge in [0.25, 0.3) is 0 Å². The highest BCUT2D eigenvalue weighted by molar-refractivity contribution is 7.17. The summed E-state index contributed by atoms with van der Waals surface area (Å²) in [7, 11) is 0. The van der Waals surface area contributed by atoms with E-state index in [2.05, 4.69) is 35.6 Å². The van der Waals surface area contributed by atoms with E-state index in [1.54, 1.807) is 16.2 Å². The molecule has 0 N–H and O–H groups in total. The highest BCUT2D eigenvalue weighted by atomic mass is 32.1. The number of rotatable bonds is 11. The minimum Gasteiger partial charge on any atom is -0.499 e. The number of hydrogen-bond donors (Lipinski definition) is 0. The second kappa shape index (κ2) is 11.2. The van der Waals surface area contributed by atoms with Crippen LogP contribution in [0.25, 0.3) is 15.8 Å². The summed E-state index contributed by atoms with van der Waals surface area (Å²) in [6.45, 7) is 14.0. The number of allylic oxidation sites excluding steroid dienone is 1. The molecule has 0 bridgehead atoms. The van der Waals surface area contributed by atoms with Crippen LogP contribution < -0.4 is 0 Å². The van der Waals surface area contributed by atoms with Gasteiger partial charge in [0.05, 0.1) is 17.9 Å². The molecule has 2 aromatic carbocycles. The Balaban J connectivity index is 1.54. The zero-order valence-electron chi connectivity index (χ0n) is 21.8. The Labute approximate surface area is 226 Å². The molecule has 0 saturated carbocycles. The van der Waals surface area contributed by atoms with Crippen LogP contribution >= 0.6 is 11.3 Å². The zero-order chi connectivity index (χ0) is 27.5. The van der Waals surface area contributed by atoms with Crippen molar-refractivity contribution in [2.45, 2.75) is 51.4 Å². The lowest BCUT2D eigenvalue weighted by Crippen LogP contribution is -2.65. The van der Waals surface area contributed by atoms with Gasteiger partial charge in [0.15, 0.2) is 0 Å². The van der Waals surface area contributed by atoms with Gasteiger partial charge in [-0.25, -0.2) is 0 Å². The van der Waals surface area contributed by atoms with Gasteiger partial charge < -0.3 is 14.5 Å². The van der Waals surface area contributed by atoms with E-state index in [4.69, 9.17) is 4.74 Å². The first-order valence-electron chi connectivity index (χ1n) is 12.7. The number of amides is 1. The summed E-state index contributed by atoms with van der Waals surface area (Å²) in [5.74, 6) is 0.593. The molecule has 1 aliphatic heterocycles. The minimum absolute atomic E-state index is 0.0636. The number of benzene rings is 2. The molecule has 0 aliphatic carbocycles. The number of ether oxygens (including phenoxy) is 1. The molecule has 1 aromatic heterocycles. The van der Waals surface area contributed by atoms with Crippen LogP contribution in [0, 0.1) is 0 Å². The average molecular weight is 543 g/mol. The Hall–Kier alpha value is -3.26. The molecule has 4 nitrogen and oxygen atoms in total. The molecule has 0 spiro atoms. The van der Waals surface area contributed by atoms with E-state index in [-0.39, 0.29) is 12.5 Å². The van der Waals surface area contributed by atoms with E-state index in [0.29, 0.717) is 50.3 Å². The predicted molar refractivity (Wildman–Crippen MR) is 147 cm³/mol. The topological polar surface area (TPSA) is 32.8 Å². The molecular formula is C30H33F3N2O2S. The summed E-state index contributed by atoms with van der Waals surface area (Å²) in [6, 6.07) is 13.1. The van der Waals surface area contributed by atoms with E-state index in [1.165, 1.54) is 12.1 Å². The zero-order valence-corrected chi connectivity index (χ0v) is 22.6. The summed E-state index contributed by atoms with van der Waals surface area (Å²) in [6.07, 6.45) is -2.50. The van der Waals surface area contributed by atoms with Gasteiger partial charge >= 0.3 is 6.18 Å². The van der Waals surface area contributed by atoms with Crippen LogP contribution in [-0.4, -0.2) is 40.9 Å². The Morgan fingerprint density at radius 2 is 1.87 bits per heavy atom. The van der Waals surface area contributed by atoms with Crippen LogP contribution in [0.2, 0.25) is 0 Å². The number of halogens is 3. The van der Waals surface area contributed by atoms with Gasteiger partial charge in [0, 0.05) is 52.8 Å². The lowest BCUT2D eigenvalue weighted by atomic mass is 9.83. The molecule has 1 atom stereocenters. The Bertz CT molecular complexity index is 1320. The molecule has 38 heavy (non-hydrogen) atoms. The van der Waals surface area contributed by atoms with Gasteiger partial charge in [-0.2, -0.15) is 13.2 Å². The number of alkyl halides is 3. The highest BCUT2D eigenvalue weighted by Gasteiger charge is 2.49. The normalized spacial score (nSPS) is 17.2. The van der Waals surface area contributed by atoms with Crippen LogP contribution in [0.15, 0.2) is 72.8 Å². The molecule has 4 rings (SSSR count). The molecule has 8 heteroatoms. The maximum Gasteiger partial charge on any atom is 0.416 e. The van der Waals surface area contributed by atoms with Crippen molar-refractivity contribution in [2.75, 3.05) is 19.7 Å². The van der Waals surface area contributed by atoms with Crippen LogP contribution in [0.1, 0.15) is 49.8 Å². The van der Waals surface area contributed by atoms with Crippen LogP contribution in [0.3, 0.4) is 0 Å². The molecular weight excluding hydrogens is 509 g/mol. The molecule has 1 saturated heterocycles. The Morgan fingerprint density at radius 1 is 1.16 bits per heavy atom. The third-order valence-electron chi connectivity index (χ3n) is 7.17. The van der Waals surface area contributed by atoms with E-state index in [9.17, 15) is 18.0 Å². The average Bonchev–Trinajstić information content (AvgIpc) is 3.31. The first kappa shape index (κ1) is 27.8. The molecule has 1 fully saturated rings. The second-order valence-electron chi connectivity index (χ2n) is 9.76. The van der Waals surface area contributed by atoms with E-state index in [1.807, 2.05) is 26.0 Å².